The summed E-state index contributed by atoms with van der Waals surface area (Å²) in [7, 11) is 0. The summed E-state index contributed by atoms with van der Waals surface area (Å²) in [6.45, 7) is 2.80. The molecule has 0 saturated carbocycles. The van der Waals surface area contributed by atoms with Crippen LogP contribution in [0.15, 0.2) is 72.8 Å². The standard InChI is InChI=1S/C22H22N2O6/c1-15(21(27)23-17-9-5-3-6-10-17)29-19(25)13-14-20(26)30-16(2)22(28)24-18-11-7-4-8-12-18/h3-16H,1-2H3,(H,23,27)(H,24,28)/b14-13+. The molecule has 2 N–H and O–H groups in total. The van der Waals surface area contributed by atoms with Crippen LogP contribution in [0.5, 0.6) is 0 Å². The Morgan fingerprint density at radius 1 is 0.667 bits per heavy atom. The van der Waals surface area contributed by atoms with Gasteiger partial charge in [-0.2, -0.15) is 0 Å². The lowest BCUT2D eigenvalue weighted by Gasteiger charge is -2.13. The van der Waals surface area contributed by atoms with Gasteiger partial charge in [0, 0.05) is 23.5 Å². The van der Waals surface area contributed by atoms with Gasteiger partial charge < -0.3 is 20.1 Å². The number of rotatable bonds is 8. The van der Waals surface area contributed by atoms with Crippen molar-refractivity contribution in [1.29, 1.82) is 0 Å². The summed E-state index contributed by atoms with van der Waals surface area (Å²) in [5, 5.41) is 5.19. The molecule has 2 aromatic rings. The van der Waals surface area contributed by atoms with Gasteiger partial charge in [-0.3, -0.25) is 9.59 Å². The van der Waals surface area contributed by atoms with Crippen molar-refractivity contribution in [2.45, 2.75) is 26.1 Å². The van der Waals surface area contributed by atoms with Crippen LogP contribution >= 0.6 is 0 Å². The second-order valence-electron chi connectivity index (χ2n) is 6.20. The van der Waals surface area contributed by atoms with Crippen molar-refractivity contribution in [2.75, 3.05) is 10.6 Å². The van der Waals surface area contributed by atoms with Gasteiger partial charge in [-0.1, -0.05) is 36.4 Å². The van der Waals surface area contributed by atoms with Crippen LogP contribution in [-0.2, 0) is 28.7 Å². The second kappa shape index (κ2) is 11.2. The first-order valence-electron chi connectivity index (χ1n) is 9.16. The number of esters is 2. The average molecular weight is 410 g/mol. The zero-order valence-corrected chi connectivity index (χ0v) is 16.5. The molecule has 8 nitrogen and oxygen atoms in total. The highest BCUT2D eigenvalue weighted by molar-refractivity contribution is 5.98. The third-order valence-electron chi connectivity index (χ3n) is 3.76. The Hall–Kier alpha value is -3.94. The lowest BCUT2D eigenvalue weighted by Crippen LogP contribution is -2.30. The molecule has 0 aromatic heterocycles. The van der Waals surface area contributed by atoms with Gasteiger partial charge in [-0.25, -0.2) is 9.59 Å². The van der Waals surface area contributed by atoms with E-state index in [-0.39, 0.29) is 0 Å². The number of hydrogen-bond acceptors (Lipinski definition) is 6. The molecular weight excluding hydrogens is 388 g/mol. The molecular formula is C22H22N2O6. The summed E-state index contributed by atoms with van der Waals surface area (Å²) in [6, 6.07) is 17.4. The minimum atomic E-state index is -1.08. The van der Waals surface area contributed by atoms with E-state index in [0.717, 1.165) is 12.2 Å². The predicted octanol–water partition coefficient (Wildman–Crippen LogP) is 2.68. The van der Waals surface area contributed by atoms with Gasteiger partial charge >= 0.3 is 11.9 Å². The van der Waals surface area contributed by atoms with Crippen molar-refractivity contribution < 1.29 is 28.7 Å². The molecule has 0 radical (unpaired) electrons. The number of carbonyl (C=O) groups is 4. The Morgan fingerprint density at radius 3 is 1.33 bits per heavy atom. The molecule has 30 heavy (non-hydrogen) atoms. The molecule has 0 fully saturated rings. The first kappa shape index (κ1) is 22.4. The van der Waals surface area contributed by atoms with Gasteiger partial charge in [0.05, 0.1) is 0 Å². The van der Waals surface area contributed by atoms with E-state index in [1.54, 1.807) is 60.7 Å². The molecule has 156 valence electrons. The summed E-state index contributed by atoms with van der Waals surface area (Å²) in [6.07, 6.45) is -0.490. The van der Waals surface area contributed by atoms with E-state index in [1.807, 2.05) is 0 Å². The number of ether oxygens (including phenoxy) is 2. The molecule has 0 saturated heterocycles. The smallest absolute Gasteiger partial charge is 0.331 e. The van der Waals surface area contributed by atoms with E-state index >= 15 is 0 Å². The first-order chi connectivity index (χ1) is 14.3. The molecule has 0 spiro atoms. The summed E-state index contributed by atoms with van der Waals surface area (Å²) < 4.78 is 9.88. The van der Waals surface area contributed by atoms with Crippen LogP contribution in [0.4, 0.5) is 11.4 Å². The number of nitrogens with one attached hydrogen (secondary N) is 2. The maximum atomic E-state index is 12.0. The van der Waals surface area contributed by atoms with Crippen molar-refractivity contribution in [3.8, 4) is 0 Å². The fourth-order valence-corrected chi connectivity index (χ4v) is 2.20. The van der Waals surface area contributed by atoms with Crippen LogP contribution in [0.2, 0.25) is 0 Å². The molecule has 8 heteroatoms. The van der Waals surface area contributed by atoms with Crippen molar-refractivity contribution in [3.63, 3.8) is 0 Å². The third kappa shape index (κ3) is 7.59. The fraction of sp³-hybridized carbons (Fsp3) is 0.182. The van der Waals surface area contributed by atoms with E-state index < -0.39 is 36.0 Å². The third-order valence-corrected chi connectivity index (χ3v) is 3.76. The zero-order chi connectivity index (χ0) is 21.9. The number of anilines is 2. The quantitative estimate of drug-likeness (QED) is 0.511. The fourth-order valence-electron chi connectivity index (χ4n) is 2.20. The minimum absolute atomic E-state index is 0.517. The minimum Gasteiger partial charge on any atom is -0.449 e. The van der Waals surface area contributed by atoms with E-state index in [1.165, 1.54) is 13.8 Å². The summed E-state index contributed by atoms with van der Waals surface area (Å²) >= 11 is 0. The predicted molar refractivity (Wildman–Crippen MR) is 110 cm³/mol. The van der Waals surface area contributed by atoms with Gasteiger partial charge in [-0.05, 0) is 38.1 Å². The van der Waals surface area contributed by atoms with Crippen LogP contribution in [0.1, 0.15) is 13.8 Å². The van der Waals surface area contributed by atoms with E-state index in [0.29, 0.717) is 11.4 Å². The van der Waals surface area contributed by atoms with E-state index in [4.69, 9.17) is 9.47 Å². The Kier molecular flexibility index (Phi) is 8.31. The van der Waals surface area contributed by atoms with Crippen molar-refractivity contribution in [1.82, 2.24) is 0 Å². The Morgan fingerprint density at radius 2 is 1.00 bits per heavy atom. The van der Waals surface area contributed by atoms with Gasteiger partial charge in [-0.15, -0.1) is 0 Å². The van der Waals surface area contributed by atoms with Crippen LogP contribution in [-0.4, -0.2) is 36.0 Å². The van der Waals surface area contributed by atoms with Crippen molar-refractivity contribution in [2.24, 2.45) is 0 Å². The number of carbonyl (C=O) groups excluding carboxylic acids is 4. The molecule has 2 aromatic carbocycles. The maximum absolute atomic E-state index is 12.0. The van der Waals surface area contributed by atoms with Gasteiger partial charge in [0.25, 0.3) is 11.8 Å². The highest BCUT2D eigenvalue weighted by Crippen LogP contribution is 2.08. The Bertz CT molecular complexity index is 836. The number of hydrogen-bond donors (Lipinski definition) is 2. The van der Waals surface area contributed by atoms with Crippen molar-refractivity contribution >= 4 is 35.1 Å². The van der Waals surface area contributed by atoms with Gasteiger partial charge in [0.2, 0.25) is 0 Å². The molecule has 2 amide bonds. The highest BCUT2D eigenvalue weighted by atomic mass is 16.6. The maximum Gasteiger partial charge on any atom is 0.331 e. The number of benzene rings is 2. The van der Waals surface area contributed by atoms with Crippen molar-refractivity contribution in [3.05, 3.63) is 72.8 Å². The van der Waals surface area contributed by atoms with E-state index in [2.05, 4.69) is 10.6 Å². The van der Waals surface area contributed by atoms with Crippen LogP contribution in [0.3, 0.4) is 0 Å². The zero-order valence-electron chi connectivity index (χ0n) is 16.5. The van der Waals surface area contributed by atoms with Crippen LogP contribution < -0.4 is 10.6 Å². The van der Waals surface area contributed by atoms with Gasteiger partial charge in [0.1, 0.15) is 0 Å². The Balaban J connectivity index is 1.77. The topological polar surface area (TPSA) is 111 Å². The van der Waals surface area contributed by atoms with Crippen LogP contribution in [0, 0.1) is 0 Å². The summed E-state index contributed by atoms with van der Waals surface area (Å²) in [5.41, 5.74) is 1.12. The highest BCUT2D eigenvalue weighted by Gasteiger charge is 2.18. The molecule has 0 aliphatic rings. The number of para-hydroxylation sites is 2. The van der Waals surface area contributed by atoms with Crippen LogP contribution in [0.25, 0.3) is 0 Å². The second-order valence-corrected chi connectivity index (χ2v) is 6.20. The first-order valence-corrected chi connectivity index (χ1v) is 9.16. The normalized spacial score (nSPS) is 12.5. The lowest BCUT2D eigenvalue weighted by molar-refractivity contribution is -0.149. The molecule has 0 aliphatic heterocycles. The molecule has 0 aliphatic carbocycles. The molecule has 2 atom stereocenters. The molecule has 0 bridgehead atoms. The molecule has 2 rings (SSSR count). The monoisotopic (exact) mass is 410 g/mol. The number of amides is 2. The molecule has 2 unspecified atom stereocenters. The Labute approximate surface area is 173 Å². The average Bonchev–Trinajstić information content (AvgIpc) is 2.73. The van der Waals surface area contributed by atoms with Gasteiger partial charge in [0.15, 0.2) is 12.2 Å². The summed E-state index contributed by atoms with van der Waals surface area (Å²) in [4.78, 5) is 47.6. The summed E-state index contributed by atoms with van der Waals surface area (Å²) in [5.74, 6) is -2.83. The lowest BCUT2D eigenvalue weighted by atomic mass is 10.3. The van der Waals surface area contributed by atoms with E-state index in [9.17, 15) is 19.2 Å². The molecule has 0 heterocycles. The largest absolute Gasteiger partial charge is 0.449 e. The SMILES string of the molecule is CC(OC(=O)/C=C/C(=O)OC(C)C(=O)Nc1ccccc1)C(=O)Nc1ccccc1.